The molecule has 0 fully saturated rings. The smallest absolute Gasteiger partial charge is 0.242 e. The lowest BCUT2D eigenvalue weighted by atomic mass is 9.72. The number of anilines is 2. The zero-order valence-electron chi connectivity index (χ0n) is 17.0. The second-order valence-corrected chi connectivity index (χ2v) is 7.93. The van der Waals surface area contributed by atoms with Crippen molar-refractivity contribution in [3.8, 4) is 5.69 Å². The van der Waals surface area contributed by atoms with E-state index in [2.05, 4.69) is 10.4 Å². The van der Waals surface area contributed by atoms with Gasteiger partial charge in [-0.2, -0.15) is 5.10 Å². The van der Waals surface area contributed by atoms with Crippen LogP contribution in [0.25, 0.3) is 5.69 Å². The van der Waals surface area contributed by atoms with Crippen LogP contribution in [0.2, 0.25) is 0 Å². The predicted molar refractivity (Wildman–Crippen MR) is 111 cm³/mol. The Bertz CT molecular complexity index is 1230. The molecule has 0 radical (unpaired) electrons. The van der Waals surface area contributed by atoms with E-state index in [-0.39, 0.29) is 18.2 Å². The molecule has 0 aliphatic carbocycles. The Hall–Kier alpha value is -3.48. The van der Waals surface area contributed by atoms with Gasteiger partial charge in [0.2, 0.25) is 11.8 Å². The topological polar surface area (TPSA) is 67.2 Å². The molecule has 30 heavy (non-hydrogen) atoms. The fraction of sp³-hybridized carbons (Fsp3) is 0.261. The summed E-state index contributed by atoms with van der Waals surface area (Å²) in [7, 11) is 0. The average Bonchev–Trinajstić information content (AvgIpc) is 3.22. The summed E-state index contributed by atoms with van der Waals surface area (Å²) >= 11 is 0. The van der Waals surface area contributed by atoms with Gasteiger partial charge in [-0.05, 0) is 61.7 Å². The number of hydrogen-bond donors (Lipinski definition) is 1. The molecular weight excluding hydrogens is 383 g/mol. The van der Waals surface area contributed by atoms with Crippen molar-refractivity contribution in [2.24, 2.45) is 0 Å². The van der Waals surface area contributed by atoms with Crippen molar-refractivity contribution in [2.75, 3.05) is 16.8 Å². The van der Waals surface area contributed by atoms with Crippen LogP contribution in [0.15, 0.2) is 42.6 Å². The van der Waals surface area contributed by atoms with Crippen molar-refractivity contribution in [1.29, 1.82) is 0 Å². The fourth-order valence-corrected chi connectivity index (χ4v) is 4.64. The minimum atomic E-state index is -1.20. The van der Waals surface area contributed by atoms with Gasteiger partial charge in [-0.25, -0.2) is 9.07 Å². The number of amides is 2. The fourth-order valence-electron chi connectivity index (χ4n) is 4.64. The number of nitrogens with zero attached hydrogens (tertiary/aromatic N) is 3. The molecule has 0 saturated carbocycles. The van der Waals surface area contributed by atoms with E-state index < -0.39 is 11.2 Å². The molecule has 1 atom stereocenters. The molecular formula is C23H21FN4O2. The van der Waals surface area contributed by atoms with E-state index in [1.54, 1.807) is 21.8 Å². The van der Waals surface area contributed by atoms with Gasteiger partial charge in [-0.1, -0.05) is 12.1 Å². The molecule has 6 nitrogen and oxygen atoms in total. The Labute approximate surface area is 173 Å². The first-order valence-corrected chi connectivity index (χ1v) is 9.95. The average molecular weight is 404 g/mol. The minimum Gasteiger partial charge on any atom is -0.311 e. The summed E-state index contributed by atoms with van der Waals surface area (Å²) in [6.07, 6.45) is 1.61. The molecule has 3 heterocycles. The molecule has 2 amide bonds. The number of fused-ring (bicyclic) bond motifs is 4. The van der Waals surface area contributed by atoms with E-state index in [1.807, 2.05) is 39.0 Å². The molecule has 2 aliphatic heterocycles. The van der Waals surface area contributed by atoms with E-state index in [0.29, 0.717) is 29.2 Å². The first kappa shape index (κ1) is 18.5. The number of aryl methyl sites for hydroxylation is 2. The Morgan fingerprint density at radius 2 is 1.90 bits per heavy atom. The van der Waals surface area contributed by atoms with Gasteiger partial charge in [-0.15, -0.1) is 0 Å². The summed E-state index contributed by atoms with van der Waals surface area (Å²) in [6, 6.07) is 10.2. The predicted octanol–water partition coefficient (Wildman–Crippen LogP) is 3.62. The number of halogens is 1. The van der Waals surface area contributed by atoms with Crippen molar-refractivity contribution in [2.45, 2.75) is 32.6 Å². The van der Waals surface area contributed by atoms with Gasteiger partial charge in [0.1, 0.15) is 17.1 Å². The lowest BCUT2D eigenvalue weighted by Gasteiger charge is -2.32. The maximum Gasteiger partial charge on any atom is 0.242 e. The van der Waals surface area contributed by atoms with Gasteiger partial charge in [-0.3, -0.25) is 9.59 Å². The van der Waals surface area contributed by atoms with E-state index >= 15 is 0 Å². The Kier molecular flexibility index (Phi) is 3.87. The summed E-state index contributed by atoms with van der Waals surface area (Å²) in [5.41, 5.74) is 3.65. The standard InChI is InChI=1S/C23H21FN4O2/c1-4-27-19-10-15(24)6-8-17(19)23(22(27)30)11-20(29)26-21-18(23)12-25-28(21)16-7-5-13(2)14(3)9-16/h5-10,12H,4,11H2,1-3H3,(H,26,29)/t23-/m0/s1. The number of rotatable bonds is 2. The summed E-state index contributed by atoms with van der Waals surface area (Å²) in [5.74, 6) is -0.421. The van der Waals surface area contributed by atoms with Crippen LogP contribution in [0.5, 0.6) is 0 Å². The molecule has 3 aromatic rings. The highest BCUT2D eigenvalue weighted by Crippen LogP contribution is 2.52. The van der Waals surface area contributed by atoms with Crippen LogP contribution in [0.4, 0.5) is 15.9 Å². The van der Waals surface area contributed by atoms with Crippen LogP contribution < -0.4 is 10.2 Å². The summed E-state index contributed by atoms with van der Waals surface area (Å²) in [6.45, 7) is 6.27. The highest BCUT2D eigenvalue weighted by molar-refractivity contribution is 6.15. The molecule has 2 aliphatic rings. The molecule has 152 valence electrons. The maximum atomic E-state index is 14.0. The minimum absolute atomic E-state index is 0.0351. The highest BCUT2D eigenvalue weighted by Gasteiger charge is 2.56. The number of nitrogens with one attached hydrogen (secondary N) is 1. The van der Waals surface area contributed by atoms with E-state index in [9.17, 15) is 14.0 Å². The molecule has 0 bridgehead atoms. The molecule has 7 heteroatoms. The van der Waals surface area contributed by atoms with E-state index in [4.69, 9.17) is 0 Å². The highest BCUT2D eigenvalue weighted by atomic mass is 19.1. The molecule has 1 aromatic heterocycles. The van der Waals surface area contributed by atoms with Crippen LogP contribution in [0.3, 0.4) is 0 Å². The second-order valence-electron chi connectivity index (χ2n) is 7.93. The van der Waals surface area contributed by atoms with E-state index in [1.165, 1.54) is 12.1 Å². The van der Waals surface area contributed by atoms with Crippen LogP contribution in [0.1, 0.15) is 35.6 Å². The van der Waals surface area contributed by atoms with Crippen LogP contribution in [0, 0.1) is 19.7 Å². The summed E-state index contributed by atoms with van der Waals surface area (Å²) in [4.78, 5) is 28.0. The molecule has 5 rings (SSSR count). The lowest BCUT2D eigenvalue weighted by Crippen LogP contribution is -2.46. The van der Waals surface area contributed by atoms with Crippen molar-refractivity contribution < 1.29 is 14.0 Å². The Morgan fingerprint density at radius 1 is 1.10 bits per heavy atom. The van der Waals surface area contributed by atoms with Gasteiger partial charge in [0.05, 0.1) is 17.6 Å². The maximum absolute atomic E-state index is 14.0. The van der Waals surface area contributed by atoms with Crippen LogP contribution >= 0.6 is 0 Å². The zero-order valence-corrected chi connectivity index (χ0v) is 17.0. The Balaban J connectivity index is 1.76. The van der Waals surface area contributed by atoms with Crippen LogP contribution in [-0.4, -0.2) is 28.1 Å². The molecule has 1 spiro atoms. The Morgan fingerprint density at radius 3 is 2.63 bits per heavy atom. The summed E-state index contributed by atoms with van der Waals surface area (Å²) in [5, 5.41) is 7.43. The van der Waals surface area contributed by atoms with Gasteiger partial charge >= 0.3 is 0 Å². The van der Waals surface area contributed by atoms with Gasteiger partial charge in [0, 0.05) is 18.5 Å². The number of carbonyl (C=O) groups excluding carboxylic acids is 2. The molecule has 0 saturated heterocycles. The normalized spacial score (nSPS) is 19.8. The first-order valence-electron chi connectivity index (χ1n) is 9.95. The third-order valence-electron chi connectivity index (χ3n) is 6.28. The first-order chi connectivity index (χ1) is 14.4. The van der Waals surface area contributed by atoms with Crippen molar-refractivity contribution in [3.63, 3.8) is 0 Å². The number of likely N-dealkylation sites (N-methyl/N-ethyl adjacent to an activating group) is 1. The largest absolute Gasteiger partial charge is 0.311 e. The second kappa shape index (κ2) is 6.26. The summed E-state index contributed by atoms with van der Waals surface area (Å²) < 4.78 is 15.6. The third-order valence-corrected chi connectivity index (χ3v) is 6.28. The van der Waals surface area contributed by atoms with Crippen molar-refractivity contribution in [3.05, 3.63) is 70.7 Å². The zero-order chi connectivity index (χ0) is 21.2. The monoisotopic (exact) mass is 404 g/mol. The molecule has 1 N–H and O–H groups in total. The van der Waals surface area contributed by atoms with Crippen molar-refractivity contribution >= 4 is 23.3 Å². The number of benzene rings is 2. The van der Waals surface area contributed by atoms with Gasteiger partial charge in [0.25, 0.3) is 0 Å². The van der Waals surface area contributed by atoms with E-state index in [0.717, 1.165) is 16.8 Å². The van der Waals surface area contributed by atoms with Crippen molar-refractivity contribution in [1.82, 2.24) is 9.78 Å². The number of carbonyl (C=O) groups is 2. The van der Waals surface area contributed by atoms with Gasteiger partial charge < -0.3 is 10.2 Å². The SMILES string of the molecule is CCN1C(=O)[C@@]2(CC(=O)Nc3c2cnn3-c2ccc(C)c(C)c2)c2ccc(F)cc21. The quantitative estimate of drug-likeness (QED) is 0.709. The van der Waals surface area contributed by atoms with Gasteiger partial charge in [0.15, 0.2) is 0 Å². The van der Waals surface area contributed by atoms with Crippen LogP contribution in [-0.2, 0) is 15.0 Å². The molecule has 0 unspecified atom stereocenters. The third kappa shape index (κ3) is 2.32. The number of hydrogen-bond acceptors (Lipinski definition) is 3. The lowest BCUT2D eigenvalue weighted by molar-refractivity contribution is -0.126. The number of aromatic nitrogens is 2. The molecule has 2 aromatic carbocycles.